The van der Waals surface area contributed by atoms with Gasteiger partial charge in [0.1, 0.15) is 6.04 Å². The Bertz CT molecular complexity index is 347. The van der Waals surface area contributed by atoms with E-state index >= 15 is 0 Å². The fraction of sp³-hybridized carbons (Fsp3) is 0.727. The minimum absolute atomic E-state index is 0.0623. The van der Waals surface area contributed by atoms with Crippen molar-refractivity contribution in [1.29, 1.82) is 0 Å². The van der Waals surface area contributed by atoms with E-state index in [0.29, 0.717) is 26.2 Å². The van der Waals surface area contributed by atoms with Crippen LogP contribution in [0.25, 0.3) is 0 Å². The highest BCUT2D eigenvalue weighted by atomic mass is 16.5. The lowest BCUT2D eigenvalue weighted by Gasteiger charge is -2.34. The number of nitrogens with one attached hydrogen (secondary N) is 2. The number of rotatable bonds is 7. The van der Waals surface area contributed by atoms with Crippen LogP contribution >= 0.6 is 0 Å². The summed E-state index contributed by atoms with van der Waals surface area (Å²) in [5.41, 5.74) is 0. The topological polar surface area (TPSA) is 108 Å². The van der Waals surface area contributed by atoms with Gasteiger partial charge in [0, 0.05) is 26.7 Å². The largest absolute Gasteiger partial charge is 0.481 e. The van der Waals surface area contributed by atoms with Gasteiger partial charge in [-0.3, -0.25) is 14.4 Å². The van der Waals surface area contributed by atoms with Gasteiger partial charge in [-0.2, -0.15) is 0 Å². The molecule has 1 aliphatic rings. The van der Waals surface area contributed by atoms with Gasteiger partial charge in [0.25, 0.3) is 0 Å². The quantitative estimate of drug-likeness (QED) is 0.464. The highest BCUT2D eigenvalue weighted by Crippen LogP contribution is 2.09. The molecule has 0 aromatic carbocycles. The van der Waals surface area contributed by atoms with Gasteiger partial charge in [0.2, 0.25) is 11.8 Å². The number of hydrogen-bond donors (Lipinski definition) is 3. The number of ether oxygens (including phenoxy) is 1. The Hall–Kier alpha value is -1.67. The Kier molecular flexibility index (Phi) is 6.23. The third-order valence-corrected chi connectivity index (χ3v) is 2.78. The van der Waals surface area contributed by atoms with Crippen LogP contribution in [-0.2, 0) is 19.1 Å². The predicted octanol–water partition coefficient (Wildman–Crippen LogP) is -1.98. The van der Waals surface area contributed by atoms with Crippen LogP contribution in [0, 0.1) is 0 Å². The highest BCUT2D eigenvalue weighted by Gasteiger charge is 2.34. The summed E-state index contributed by atoms with van der Waals surface area (Å²) in [4.78, 5) is 35.6. The van der Waals surface area contributed by atoms with Crippen molar-refractivity contribution in [3.63, 3.8) is 0 Å². The molecule has 1 rings (SSSR count). The number of carboxylic acid groups (broad SMARTS) is 1. The van der Waals surface area contributed by atoms with Crippen molar-refractivity contribution in [2.75, 3.05) is 39.9 Å². The molecule has 108 valence electrons. The third kappa shape index (κ3) is 4.84. The van der Waals surface area contributed by atoms with Crippen LogP contribution in [0.5, 0.6) is 0 Å². The number of carbonyl (C=O) groups excluding carboxylic acids is 2. The number of nitrogens with zero attached hydrogens (tertiary/aromatic N) is 1. The van der Waals surface area contributed by atoms with Gasteiger partial charge in [0.15, 0.2) is 0 Å². The fourth-order valence-electron chi connectivity index (χ4n) is 1.85. The molecular formula is C11H19N3O5. The van der Waals surface area contributed by atoms with Crippen molar-refractivity contribution < 1.29 is 24.2 Å². The van der Waals surface area contributed by atoms with E-state index in [2.05, 4.69) is 10.6 Å². The van der Waals surface area contributed by atoms with Crippen LogP contribution in [0.1, 0.15) is 6.42 Å². The van der Waals surface area contributed by atoms with Crippen molar-refractivity contribution in [2.24, 2.45) is 0 Å². The van der Waals surface area contributed by atoms with Gasteiger partial charge in [-0.15, -0.1) is 0 Å². The monoisotopic (exact) mass is 273 g/mol. The Labute approximate surface area is 111 Å². The summed E-state index contributed by atoms with van der Waals surface area (Å²) in [5, 5.41) is 14.2. The molecule has 3 N–H and O–H groups in total. The first-order chi connectivity index (χ1) is 9.06. The van der Waals surface area contributed by atoms with Crippen LogP contribution < -0.4 is 10.6 Å². The van der Waals surface area contributed by atoms with Gasteiger partial charge in [-0.25, -0.2) is 0 Å². The maximum absolute atomic E-state index is 11.9. The molecule has 0 saturated carbocycles. The summed E-state index contributed by atoms with van der Waals surface area (Å²) >= 11 is 0. The van der Waals surface area contributed by atoms with E-state index in [-0.39, 0.29) is 18.9 Å². The van der Waals surface area contributed by atoms with Crippen molar-refractivity contribution in [3.8, 4) is 0 Å². The molecule has 8 nitrogen and oxygen atoms in total. The lowest BCUT2D eigenvalue weighted by atomic mass is 10.1. The Morgan fingerprint density at radius 2 is 2.32 bits per heavy atom. The summed E-state index contributed by atoms with van der Waals surface area (Å²) < 4.78 is 4.83. The number of carbonyl (C=O) groups is 3. The second kappa shape index (κ2) is 7.70. The second-order valence-electron chi connectivity index (χ2n) is 4.16. The zero-order chi connectivity index (χ0) is 14.3. The molecule has 1 saturated heterocycles. The van der Waals surface area contributed by atoms with Crippen LogP contribution in [0.15, 0.2) is 0 Å². The molecule has 0 aliphatic carbocycles. The van der Waals surface area contributed by atoms with E-state index in [9.17, 15) is 14.4 Å². The van der Waals surface area contributed by atoms with Crippen LogP contribution in [-0.4, -0.2) is 73.7 Å². The summed E-state index contributed by atoms with van der Waals surface area (Å²) in [7, 11) is 1.56. The van der Waals surface area contributed by atoms with Gasteiger partial charge < -0.3 is 25.4 Å². The van der Waals surface area contributed by atoms with E-state index in [1.54, 1.807) is 7.11 Å². The maximum Gasteiger partial charge on any atom is 0.305 e. The lowest BCUT2D eigenvalue weighted by molar-refractivity contribution is -0.148. The maximum atomic E-state index is 11.9. The van der Waals surface area contributed by atoms with Crippen molar-refractivity contribution in [3.05, 3.63) is 0 Å². The smallest absolute Gasteiger partial charge is 0.305 e. The number of amides is 2. The van der Waals surface area contributed by atoms with Crippen LogP contribution in [0.3, 0.4) is 0 Å². The molecule has 0 spiro atoms. The lowest BCUT2D eigenvalue weighted by Crippen LogP contribution is -2.59. The molecule has 2 amide bonds. The zero-order valence-corrected chi connectivity index (χ0v) is 10.8. The predicted molar refractivity (Wildman–Crippen MR) is 65.5 cm³/mol. The van der Waals surface area contributed by atoms with Crippen molar-refractivity contribution in [2.45, 2.75) is 12.5 Å². The Morgan fingerprint density at radius 1 is 1.58 bits per heavy atom. The number of hydrogen-bond acceptors (Lipinski definition) is 5. The molecule has 1 atom stereocenters. The minimum atomic E-state index is -1.10. The molecular weight excluding hydrogens is 254 g/mol. The molecule has 19 heavy (non-hydrogen) atoms. The van der Waals surface area contributed by atoms with Gasteiger partial charge >= 0.3 is 5.97 Å². The number of aliphatic carboxylic acids is 1. The van der Waals surface area contributed by atoms with Gasteiger partial charge in [-0.1, -0.05) is 0 Å². The first-order valence-electron chi connectivity index (χ1n) is 6.05. The van der Waals surface area contributed by atoms with Gasteiger partial charge in [-0.05, 0) is 0 Å². The molecule has 1 fully saturated rings. The average molecular weight is 273 g/mol. The number of carboxylic acids is 1. The van der Waals surface area contributed by atoms with Crippen LogP contribution in [0.2, 0.25) is 0 Å². The molecule has 0 aromatic heterocycles. The van der Waals surface area contributed by atoms with E-state index in [1.165, 1.54) is 4.90 Å². The number of piperazine rings is 1. The molecule has 1 aliphatic heterocycles. The molecule has 0 bridgehead atoms. The molecule has 8 heteroatoms. The average Bonchev–Trinajstić information content (AvgIpc) is 2.36. The zero-order valence-electron chi connectivity index (χ0n) is 10.8. The summed E-state index contributed by atoms with van der Waals surface area (Å²) in [6.45, 7) is 1.73. The van der Waals surface area contributed by atoms with Gasteiger partial charge in [0.05, 0.1) is 19.6 Å². The first-order valence-corrected chi connectivity index (χ1v) is 6.05. The van der Waals surface area contributed by atoms with Crippen molar-refractivity contribution >= 4 is 17.8 Å². The summed E-state index contributed by atoms with van der Waals surface area (Å²) in [6, 6.07) is -0.928. The van der Waals surface area contributed by atoms with Crippen molar-refractivity contribution in [1.82, 2.24) is 15.5 Å². The van der Waals surface area contributed by atoms with E-state index in [1.807, 2.05) is 0 Å². The Morgan fingerprint density at radius 3 is 2.95 bits per heavy atom. The third-order valence-electron chi connectivity index (χ3n) is 2.78. The van der Waals surface area contributed by atoms with E-state index in [4.69, 9.17) is 9.84 Å². The number of methoxy groups -OCH3 is 1. The Balaban J connectivity index is 2.53. The molecule has 0 radical (unpaired) electrons. The SMILES string of the molecule is COCCNCC(=O)N1CCNC(=O)C1CC(=O)O. The summed E-state index contributed by atoms with van der Waals surface area (Å²) in [5.74, 6) is -1.80. The standard InChI is InChI=1S/C11H19N3O5/c1-19-5-3-12-7-9(15)14-4-2-13-11(18)8(14)6-10(16)17/h8,12H,2-7H2,1H3,(H,13,18)(H,16,17). The normalized spacial score (nSPS) is 19.1. The second-order valence-corrected chi connectivity index (χ2v) is 4.16. The first kappa shape index (κ1) is 15.4. The fourth-order valence-corrected chi connectivity index (χ4v) is 1.85. The summed E-state index contributed by atoms with van der Waals surface area (Å²) in [6.07, 6.45) is -0.379. The van der Waals surface area contributed by atoms with E-state index in [0.717, 1.165) is 0 Å². The molecule has 1 heterocycles. The molecule has 1 unspecified atom stereocenters. The van der Waals surface area contributed by atoms with Crippen LogP contribution in [0.4, 0.5) is 0 Å². The molecule has 0 aromatic rings. The minimum Gasteiger partial charge on any atom is -0.481 e. The van der Waals surface area contributed by atoms with E-state index < -0.39 is 17.9 Å². The highest BCUT2D eigenvalue weighted by molar-refractivity contribution is 5.92.